The van der Waals surface area contributed by atoms with Gasteiger partial charge in [0.05, 0.1) is 12.6 Å². The maximum atomic E-state index is 12.0. The van der Waals surface area contributed by atoms with Crippen molar-refractivity contribution in [3.63, 3.8) is 0 Å². The number of urea groups is 1. The minimum absolute atomic E-state index is 0.0398. The van der Waals surface area contributed by atoms with E-state index in [0.717, 1.165) is 0 Å². The number of aliphatic hydroxyl groups excluding tert-OH is 1. The maximum absolute atomic E-state index is 12.0. The van der Waals surface area contributed by atoms with Gasteiger partial charge in [-0.3, -0.25) is 0 Å². The minimum atomic E-state index is -2.91. The van der Waals surface area contributed by atoms with E-state index in [2.05, 4.69) is 15.4 Å². The number of aliphatic hydroxyl groups is 1. The summed E-state index contributed by atoms with van der Waals surface area (Å²) in [5.74, 6) is -0.0398. The summed E-state index contributed by atoms with van der Waals surface area (Å²) in [5, 5.41) is 13.9. The van der Waals surface area contributed by atoms with Crippen LogP contribution >= 0.6 is 0 Å². The van der Waals surface area contributed by atoms with Gasteiger partial charge >= 0.3 is 12.6 Å². The number of alkyl halides is 2. The van der Waals surface area contributed by atoms with Gasteiger partial charge in [0, 0.05) is 11.8 Å². The molecule has 0 bridgehead atoms. The molecule has 19 heavy (non-hydrogen) atoms. The third-order valence-corrected chi connectivity index (χ3v) is 2.37. The summed E-state index contributed by atoms with van der Waals surface area (Å²) in [4.78, 5) is 11.6. The predicted molar refractivity (Wildman–Crippen MR) is 66.4 cm³/mol. The zero-order chi connectivity index (χ0) is 14.3. The second-order valence-electron chi connectivity index (χ2n) is 3.79. The van der Waals surface area contributed by atoms with Gasteiger partial charge < -0.3 is 20.5 Å². The summed E-state index contributed by atoms with van der Waals surface area (Å²) in [6, 6.07) is 4.80. The fraction of sp³-hybridized carbons (Fsp3) is 0.417. The number of ether oxygens (including phenoxy) is 1. The molecule has 3 N–H and O–H groups in total. The molecule has 106 valence electrons. The van der Waals surface area contributed by atoms with Crippen LogP contribution in [0.2, 0.25) is 0 Å². The van der Waals surface area contributed by atoms with Crippen molar-refractivity contribution in [1.29, 1.82) is 0 Å². The largest absolute Gasteiger partial charge is 0.435 e. The summed E-state index contributed by atoms with van der Waals surface area (Å²) < 4.78 is 28.3. The lowest BCUT2D eigenvalue weighted by Crippen LogP contribution is -2.39. The number of carbonyl (C=O) groups excluding carboxylic acids is 1. The lowest BCUT2D eigenvalue weighted by Gasteiger charge is -2.15. The molecule has 0 saturated heterocycles. The molecule has 5 nitrogen and oxygen atoms in total. The first-order valence-corrected chi connectivity index (χ1v) is 5.78. The molecule has 0 saturated carbocycles. The summed E-state index contributed by atoms with van der Waals surface area (Å²) in [6.07, 6.45) is 0.582. The molecule has 0 fully saturated rings. The molecular formula is C12H16F2N2O3. The van der Waals surface area contributed by atoms with Crippen LogP contribution < -0.4 is 15.4 Å². The Hall–Kier alpha value is -1.89. The molecule has 1 unspecified atom stereocenters. The van der Waals surface area contributed by atoms with Gasteiger partial charge in [-0.15, -0.1) is 0 Å². The fourth-order valence-electron chi connectivity index (χ4n) is 1.38. The maximum Gasteiger partial charge on any atom is 0.387 e. The van der Waals surface area contributed by atoms with Gasteiger partial charge in [-0.25, -0.2) is 4.79 Å². The number of anilines is 1. The molecule has 0 aliphatic rings. The monoisotopic (exact) mass is 274 g/mol. The average Bonchev–Trinajstić information content (AvgIpc) is 2.35. The number of benzene rings is 1. The van der Waals surface area contributed by atoms with Gasteiger partial charge in [-0.1, -0.05) is 13.0 Å². The van der Waals surface area contributed by atoms with Gasteiger partial charge in [0.15, 0.2) is 0 Å². The second kappa shape index (κ2) is 7.52. The molecule has 0 spiro atoms. The van der Waals surface area contributed by atoms with Gasteiger partial charge in [0.1, 0.15) is 5.75 Å². The predicted octanol–water partition coefficient (Wildman–Crippen LogP) is 2.18. The highest BCUT2D eigenvalue weighted by Crippen LogP contribution is 2.19. The molecule has 2 amide bonds. The smallest absolute Gasteiger partial charge is 0.387 e. The van der Waals surface area contributed by atoms with Gasteiger partial charge in [0.2, 0.25) is 0 Å². The summed E-state index contributed by atoms with van der Waals surface area (Å²) in [7, 11) is 0. The van der Waals surface area contributed by atoms with Crippen LogP contribution in [0.25, 0.3) is 0 Å². The normalized spacial score (nSPS) is 12.1. The fourth-order valence-corrected chi connectivity index (χ4v) is 1.38. The Balaban J connectivity index is 2.59. The molecule has 0 aliphatic carbocycles. The standard InChI is InChI=1S/C12H16F2N2O3/c1-2-8(7-17)15-12(18)16-9-4-3-5-10(6-9)19-11(13)14/h3-6,8,11,17H,2,7H2,1H3,(H2,15,16,18). The van der Waals surface area contributed by atoms with Crippen LogP contribution in [0.5, 0.6) is 5.75 Å². The van der Waals surface area contributed by atoms with Crippen LogP contribution in [0.4, 0.5) is 19.3 Å². The van der Waals surface area contributed by atoms with E-state index in [1.54, 1.807) is 0 Å². The van der Waals surface area contributed by atoms with Crippen LogP contribution in [-0.4, -0.2) is 30.4 Å². The van der Waals surface area contributed by atoms with Crippen molar-refractivity contribution in [1.82, 2.24) is 5.32 Å². The van der Waals surface area contributed by atoms with Crippen LogP contribution in [0.3, 0.4) is 0 Å². The van der Waals surface area contributed by atoms with Gasteiger partial charge in [-0.2, -0.15) is 8.78 Å². The van der Waals surface area contributed by atoms with Crippen molar-refractivity contribution in [2.75, 3.05) is 11.9 Å². The van der Waals surface area contributed by atoms with E-state index in [-0.39, 0.29) is 18.4 Å². The molecule has 0 aliphatic heterocycles. The number of halogens is 2. The van der Waals surface area contributed by atoms with Crippen LogP contribution in [0.1, 0.15) is 13.3 Å². The van der Waals surface area contributed by atoms with E-state index < -0.39 is 12.6 Å². The van der Waals surface area contributed by atoms with E-state index in [9.17, 15) is 13.6 Å². The van der Waals surface area contributed by atoms with Crippen molar-refractivity contribution < 1.29 is 23.4 Å². The van der Waals surface area contributed by atoms with Crippen molar-refractivity contribution in [3.05, 3.63) is 24.3 Å². The lowest BCUT2D eigenvalue weighted by molar-refractivity contribution is -0.0497. The Morgan fingerprint density at radius 3 is 2.79 bits per heavy atom. The number of nitrogens with one attached hydrogen (secondary N) is 2. The third kappa shape index (κ3) is 5.52. The van der Waals surface area contributed by atoms with Crippen molar-refractivity contribution in [2.24, 2.45) is 0 Å². The highest BCUT2D eigenvalue weighted by atomic mass is 19.3. The summed E-state index contributed by atoms with van der Waals surface area (Å²) >= 11 is 0. The molecular weight excluding hydrogens is 258 g/mol. The number of hydrogen-bond donors (Lipinski definition) is 3. The van der Waals surface area contributed by atoms with Crippen LogP contribution in [0.15, 0.2) is 24.3 Å². The molecule has 0 heterocycles. The topological polar surface area (TPSA) is 70.6 Å². The van der Waals surface area contributed by atoms with Crippen LogP contribution in [0, 0.1) is 0 Å². The quantitative estimate of drug-likeness (QED) is 0.744. The highest BCUT2D eigenvalue weighted by molar-refractivity contribution is 5.89. The third-order valence-electron chi connectivity index (χ3n) is 2.37. The average molecular weight is 274 g/mol. The first-order valence-electron chi connectivity index (χ1n) is 5.78. The Morgan fingerprint density at radius 1 is 1.47 bits per heavy atom. The highest BCUT2D eigenvalue weighted by Gasteiger charge is 2.10. The zero-order valence-corrected chi connectivity index (χ0v) is 10.4. The molecule has 1 aromatic rings. The van der Waals surface area contributed by atoms with Crippen molar-refractivity contribution in [3.8, 4) is 5.75 Å². The van der Waals surface area contributed by atoms with E-state index in [4.69, 9.17) is 5.11 Å². The lowest BCUT2D eigenvalue weighted by atomic mass is 10.2. The van der Waals surface area contributed by atoms with E-state index in [0.29, 0.717) is 12.1 Å². The number of hydrogen-bond acceptors (Lipinski definition) is 3. The zero-order valence-electron chi connectivity index (χ0n) is 10.4. The number of rotatable bonds is 6. The first-order chi connectivity index (χ1) is 9.05. The van der Waals surface area contributed by atoms with E-state index in [1.807, 2.05) is 6.92 Å². The molecule has 1 atom stereocenters. The Labute approximate surface area is 109 Å². The SMILES string of the molecule is CCC(CO)NC(=O)Nc1cccc(OC(F)F)c1. The molecule has 0 radical (unpaired) electrons. The summed E-state index contributed by atoms with van der Waals surface area (Å²) in [6.45, 7) is -1.26. The van der Waals surface area contributed by atoms with Crippen LogP contribution in [-0.2, 0) is 0 Å². The van der Waals surface area contributed by atoms with Gasteiger partial charge in [0.25, 0.3) is 0 Å². The molecule has 1 rings (SSSR count). The Bertz CT molecular complexity index is 412. The number of amides is 2. The summed E-state index contributed by atoms with van der Waals surface area (Å²) in [5.41, 5.74) is 0.323. The minimum Gasteiger partial charge on any atom is -0.435 e. The first kappa shape index (κ1) is 15.2. The molecule has 7 heteroatoms. The van der Waals surface area contributed by atoms with E-state index in [1.165, 1.54) is 24.3 Å². The number of carbonyl (C=O) groups is 1. The van der Waals surface area contributed by atoms with Gasteiger partial charge in [-0.05, 0) is 18.6 Å². The van der Waals surface area contributed by atoms with Crippen molar-refractivity contribution >= 4 is 11.7 Å². The molecule has 0 aromatic heterocycles. The Kier molecular flexibility index (Phi) is 6.01. The van der Waals surface area contributed by atoms with E-state index >= 15 is 0 Å². The Morgan fingerprint density at radius 2 is 2.21 bits per heavy atom. The molecule has 1 aromatic carbocycles. The second-order valence-corrected chi connectivity index (χ2v) is 3.79. The van der Waals surface area contributed by atoms with Crippen molar-refractivity contribution in [2.45, 2.75) is 26.0 Å².